The first-order valence-corrected chi connectivity index (χ1v) is 8.86. The van der Waals surface area contributed by atoms with Gasteiger partial charge in [0, 0.05) is 24.6 Å². The van der Waals surface area contributed by atoms with Crippen molar-refractivity contribution in [2.75, 3.05) is 11.9 Å². The number of aryl methyl sites for hydroxylation is 2. The van der Waals surface area contributed by atoms with Crippen LogP contribution in [0.5, 0.6) is 0 Å². The van der Waals surface area contributed by atoms with E-state index in [1.54, 1.807) is 24.2 Å². The molecular formula is C19H20N6O2. The highest BCUT2D eigenvalue weighted by Gasteiger charge is 2.35. The molecule has 8 nitrogen and oxygen atoms in total. The third-order valence-electron chi connectivity index (χ3n) is 4.63. The number of likely N-dealkylation sites (tertiary alicyclic amines) is 1. The van der Waals surface area contributed by atoms with Crippen molar-refractivity contribution >= 4 is 17.5 Å². The number of pyridine rings is 1. The van der Waals surface area contributed by atoms with Crippen LogP contribution in [0.25, 0.3) is 0 Å². The van der Waals surface area contributed by atoms with Crippen LogP contribution < -0.4 is 5.32 Å². The van der Waals surface area contributed by atoms with E-state index in [0.717, 1.165) is 24.2 Å². The van der Waals surface area contributed by atoms with Crippen LogP contribution >= 0.6 is 0 Å². The van der Waals surface area contributed by atoms with E-state index in [4.69, 9.17) is 4.42 Å². The molecule has 8 heteroatoms. The number of hydrogen-bond acceptors (Lipinski definition) is 7. The van der Waals surface area contributed by atoms with Gasteiger partial charge in [0.25, 0.3) is 5.91 Å². The molecule has 3 aromatic heterocycles. The molecule has 0 unspecified atom stereocenters. The van der Waals surface area contributed by atoms with Crippen molar-refractivity contribution in [3.63, 3.8) is 0 Å². The summed E-state index contributed by atoms with van der Waals surface area (Å²) in [5, 5.41) is 3.24. The van der Waals surface area contributed by atoms with Crippen molar-refractivity contribution in [1.82, 2.24) is 24.8 Å². The van der Waals surface area contributed by atoms with Gasteiger partial charge in [0.15, 0.2) is 12.2 Å². The smallest absolute Gasteiger partial charge is 0.292 e. The normalized spacial score (nSPS) is 16.5. The molecule has 3 aromatic rings. The molecule has 1 aliphatic rings. The molecule has 0 radical (unpaired) electrons. The summed E-state index contributed by atoms with van der Waals surface area (Å²) in [6.45, 7) is 4.34. The van der Waals surface area contributed by atoms with E-state index >= 15 is 0 Å². The van der Waals surface area contributed by atoms with Gasteiger partial charge in [0.05, 0.1) is 11.7 Å². The van der Waals surface area contributed by atoms with Crippen molar-refractivity contribution in [3.8, 4) is 0 Å². The summed E-state index contributed by atoms with van der Waals surface area (Å²) >= 11 is 0. The Bertz CT molecular complexity index is 970. The predicted molar refractivity (Wildman–Crippen MR) is 98.5 cm³/mol. The standard InChI is InChI=1S/C19H20N6O2/c1-12-5-3-7-15(23-12)24-18-16(20-8-9-21-18)14-6-4-10-25(14)19(26)17-13(2)22-11-27-17/h3,5,7-9,11,14H,4,6,10H2,1-2H3,(H,21,23,24)/t14-/m0/s1. The van der Waals surface area contributed by atoms with Crippen molar-refractivity contribution in [2.24, 2.45) is 0 Å². The summed E-state index contributed by atoms with van der Waals surface area (Å²) in [6, 6.07) is 5.56. The average Bonchev–Trinajstić information content (AvgIpc) is 3.31. The second-order valence-corrected chi connectivity index (χ2v) is 6.50. The molecular weight excluding hydrogens is 344 g/mol. The Labute approximate surface area is 156 Å². The molecule has 0 aromatic carbocycles. The largest absolute Gasteiger partial charge is 0.438 e. The monoisotopic (exact) mass is 364 g/mol. The molecule has 1 saturated heterocycles. The molecule has 4 rings (SSSR count). The van der Waals surface area contributed by atoms with Crippen molar-refractivity contribution in [3.05, 3.63) is 59.8 Å². The van der Waals surface area contributed by atoms with E-state index in [9.17, 15) is 4.79 Å². The maximum atomic E-state index is 12.9. The lowest BCUT2D eigenvalue weighted by molar-refractivity contribution is 0.0700. The van der Waals surface area contributed by atoms with Gasteiger partial charge in [-0.15, -0.1) is 0 Å². The molecule has 0 saturated carbocycles. The SMILES string of the molecule is Cc1cccc(Nc2nccnc2[C@@H]2CCCN2C(=O)c2ocnc2C)n1. The quantitative estimate of drug-likeness (QED) is 0.759. The lowest BCUT2D eigenvalue weighted by Gasteiger charge is -2.24. The van der Waals surface area contributed by atoms with Crippen LogP contribution in [0.15, 0.2) is 41.4 Å². The Morgan fingerprint density at radius 3 is 2.85 bits per heavy atom. The van der Waals surface area contributed by atoms with E-state index in [1.807, 2.05) is 25.1 Å². The summed E-state index contributed by atoms with van der Waals surface area (Å²) in [7, 11) is 0. The fraction of sp³-hybridized carbons (Fsp3) is 0.316. The summed E-state index contributed by atoms with van der Waals surface area (Å²) in [4.78, 5) is 32.2. The Morgan fingerprint density at radius 2 is 2.07 bits per heavy atom. The molecule has 0 bridgehead atoms. The highest BCUT2D eigenvalue weighted by atomic mass is 16.3. The topological polar surface area (TPSA) is 97.0 Å². The lowest BCUT2D eigenvalue weighted by atomic mass is 10.1. The summed E-state index contributed by atoms with van der Waals surface area (Å²) in [6.07, 6.45) is 6.27. The minimum Gasteiger partial charge on any atom is -0.438 e. The van der Waals surface area contributed by atoms with Crippen LogP contribution in [-0.2, 0) is 0 Å². The molecule has 1 atom stereocenters. The van der Waals surface area contributed by atoms with Crippen molar-refractivity contribution < 1.29 is 9.21 Å². The zero-order valence-corrected chi connectivity index (χ0v) is 15.2. The van der Waals surface area contributed by atoms with E-state index in [0.29, 0.717) is 23.9 Å². The predicted octanol–water partition coefficient (Wildman–Crippen LogP) is 3.20. The first kappa shape index (κ1) is 17.1. The van der Waals surface area contributed by atoms with Gasteiger partial charge in [-0.3, -0.25) is 9.78 Å². The molecule has 138 valence electrons. The fourth-order valence-corrected chi connectivity index (χ4v) is 3.35. The Hall–Kier alpha value is -3.29. The number of aromatic nitrogens is 4. The Kier molecular flexibility index (Phi) is 4.53. The summed E-state index contributed by atoms with van der Waals surface area (Å²) in [5.41, 5.74) is 2.22. The number of carbonyl (C=O) groups excluding carboxylic acids is 1. The summed E-state index contributed by atoms with van der Waals surface area (Å²) in [5.74, 6) is 1.41. The van der Waals surface area contributed by atoms with E-state index < -0.39 is 0 Å². The number of nitrogens with one attached hydrogen (secondary N) is 1. The Morgan fingerprint density at radius 1 is 1.22 bits per heavy atom. The third-order valence-corrected chi connectivity index (χ3v) is 4.63. The molecule has 4 heterocycles. The van der Waals surface area contributed by atoms with Gasteiger partial charge >= 0.3 is 0 Å². The molecule has 27 heavy (non-hydrogen) atoms. The zero-order valence-electron chi connectivity index (χ0n) is 15.2. The molecule has 0 spiro atoms. The third kappa shape index (κ3) is 3.38. The molecule has 1 aliphatic heterocycles. The van der Waals surface area contributed by atoms with Crippen LogP contribution in [0, 0.1) is 13.8 Å². The maximum Gasteiger partial charge on any atom is 0.292 e. The van der Waals surface area contributed by atoms with Gasteiger partial charge in [-0.25, -0.2) is 15.0 Å². The van der Waals surface area contributed by atoms with E-state index in [2.05, 4.69) is 25.3 Å². The van der Waals surface area contributed by atoms with Crippen LogP contribution in [0.2, 0.25) is 0 Å². The van der Waals surface area contributed by atoms with Crippen molar-refractivity contribution in [2.45, 2.75) is 32.7 Å². The molecule has 1 fully saturated rings. The van der Waals surface area contributed by atoms with Gasteiger partial charge in [-0.05, 0) is 38.8 Å². The maximum absolute atomic E-state index is 12.9. The van der Waals surface area contributed by atoms with Gasteiger partial charge in [-0.2, -0.15) is 0 Å². The highest BCUT2D eigenvalue weighted by Crippen LogP contribution is 2.35. The summed E-state index contributed by atoms with van der Waals surface area (Å²) < 4.78 is 5.30. The minimum absolute atomic E-state index is 0.169. The van der Waals surface area contributed by atoms with Gasteiger partial charge in [-0.1, -0.05) is 6.07 Å². The lowest BCUT2D eigenvalue weighted by Crippen LogP contribution is -2.31. The number of oxazole rings is 1. The van der Waals surface area contributed by atoms with Crippen LogP contribution in [0.4, 0.5) is 11.6 Å². The fourth-order valence-electron chi connectivity index (χ4n) is 3.35. The number of nitrogens with zero attached hydrogens (tertiary/aromatic N) is 5. The molecule has 1 amide bonds. The van der Waals surface area contributed by atoms with Crippen LogP contribution in [0.3, 0.4) is 0 Å². The number of hydrogen-bond donors (Lipinski definition) is 1. The van der Waals surface area contributed by atoms with Gasteiger partial charge < -0.3 is 14.6 Å². The first-order chi connectivity index (χ1) is 13.1. The molecule has 0 aliphatic carbocycles. The second kappa shape index (κ2) is 7.14. The van der Waals surface area contributed by atoms with Crippen molar-refractivity contribution in [1.29, 1.82) is 0 Å². The number of rotatable bonds is 4. The van der Waals surface area contributed by atoms with E-state index in [-0.39, 0.29) is 17.7 Å². The number of amides is 1. The average molecular weight is 364 g/mol. The number of anilines is 2. The second-order valence-electron chi connectivity index (χ2n) is 6.50. The van der Waals surface area contributed by atoms with Gasteiger partial charge in [0.1, 0.15) is 11.5 Å². The van der Waals surface area contributed by atoms with Crippen LogP contribution in [0.1, 0.15) is 46.5 Å². The number of carbonyl (C=O) groups is 1. The molecule has 1 N–H and O–H groups in total. The first-order valence-electron chi connectivity index (χ1n) is 8.86. The van der Waals surface area contributed by atoms with Gasteiger partial charge in [0.2, 0.25) is 5.76 Å². The zero-order chi connectivity index (χ0) is 18.8. The minimum atomic E-state index is -0.178. The Balaban J connectivity index is 1.64. The highest BCUT2D eigenvalue weighted by molar-refractivity contribution is 5.93. The van der Waals surface area contributed by atoms with E-state index in [1.165, 1.54) is 6.39 Å². The van der Waals surface area contributed by atoms with Crippen LogP contribution in [-0.4, -0.2) is 37.3 Å².